The summed E-state index contributed by atoms with van der Waals surface area (Å²) in [5, 5.41) is 2.74. The zero-order valence-electron chi connectivity index (χ0n) is 7.04. The van der Waals surface area contributed by atoms with Crippen LogP contribution >= 0.6 is 0 Å². The lowest BCUT2D eigenvalue weighted by molar-refractivity contribution is -0.115. The average Bonchev–Trinajstić information content (AvgIpc) is 2.44. The lowest BCUT2D eigenvalue weighted by Crippen LogP contribution is -2.03. The molecule has 0 spiro atoms. The third-order valence-electron chi connectivity index (χ3n) is 2.11. The number of rotatable bonds is 2. The molecule has 1 aliphatic rings. The topological polar surface area (TPSA) is 46.2 Å². The van der Waals surface area contributed by atoms with Crippen molar-refractivity contribution in [3.8, 4) is 0 Å². The Balaban J connectivity index is 2.34. The molecule has 1 aromatic carbocycles. The second kappa shape index (κ2) is 3.01. The number of carbonyl (C=O) groups is 2. The maximum Gasteiger partial charge on any atom is 0.228 e. The minimum atomic E-state index is 0.0262. The highest BCUT2D eigenvalue weighted by Crippen LogP contribution is 2.23. The Morgan fingerprint density at radius 3 is 3.08 bits per heavy atom. The molecule has 3 nitrogen and oxygen atoms in total. The van der Waals surface area contributed by atoms with Crippen LogP contribution in [0.1, 0.15) is 11.1 Å². The van der Waals surface area contributed by atoms with Gasteiger partial charge in [0.1, 0.15) is 6.29 Å². The maximum atomic E-state index is 11.0. The summed E-state index contributed by atoms with van der Waals surface area (Å²) in [5.41, 5.74) is 2.83. The Morgan fingerprint density at radius 2 is 2.31 bits per heavy atom. The second-order valence-electron chi connectivity index (χ2n) is 3.09. The van der Waals surface area contributed by atoms with E-state index in [1.54, 1.807) is 0 Å². The molecular formula is C10H9NO2. The summed E-state index contributed by atoms with van der Waals surface area (Å²) in [4.78, 5) is 21.2. The van der Waals surface area contributed by atoms with E-state index in [1.165, 1.54) is 0 Å². The van der Waals surface area contributed by atoms with E-state index in [-0.39, 0.29) is 5.91 Å². The summed E-state index contributed by atoms with van der Waals surface area (Å²) < 4.78 is 0. The predicted octanol–water partition coefficient (Wildman–Crippen LogP) is 0.923. The molecule has 0 fully saturated rings. The van der Waals surface area contributed by atoms with Crippen molar-refractivity contribution in [3.63, 3.8) is 0 Å². The number of fused-ring (bicyclic) bond motifs is 1. The van der Waals surface area contributed by atoms with E-state index >= 15 is 0 Å². The Bertz CT molecular complexity index is 371. The van der Waals surface area contributed by atoms with Crippen LogP contribution in [0.3, 0.4) is 0 Å². The van der Waals surface area contributed by atoms with Gasteiger partial charge in [-0.25, -0.2) is 0 Å². The molecule has 1 heterocycles. The van der Waals surface area contributed by atoms with Gasteiger partial charge in [-0.05, 0) is 17.2 Å². The molecule has 0 aliphatic carbocycles. The first kappa shape index (κ1) is 7.98. The molecule has 0 saturated heterocycles. The van der Waals surface area contributed by atoms with Gasteiger partial charge in [-0.2, -0.15) is 0 Å². The lowest BCUT2D eigenvalue weighted by atomic mass is 10.1. The smallest absolute Gasteiger partial charge is 0.228 e. The van der Waals surface area contributed by atoms with Crippen LogP contribution in [0.15, 0.2) is 18.2 Å². The SMILES string of the molecule is O=CCc1ccc2c(c1)CC(=O)N2. The Kier molecular flexibility index (Phi) is 1.85. The van der Waals surface area contributed by atoms with E-state index in [0.717, 1.165) is 23.1 Å². The van der Waals surface area contributed by atoms with Gasteiger partial charge in [-0.3, -0.25) is 4.79 Å². The molecule has 2 rings (SSSR count). The number of amides is 1. The Morgan fingerprint density at radius 1 is 1.46 bits per heavy atom. The highest BCUT2D eigenvalue weighted by molar-refractivity contribution is 5.99. The van der Waals surface area contributed by atoms with Crippen LogP contribution in [0.2, 0.25) is 0 Å². The van der Waals surface area contributed by atoms with Crippen LogP contribution < -0.4 is 5.32 Å². The van der Waals surface area contributed by atoms with Crippen LogP contribution in [0, 0.1) is 0 Å². The van der Waals surface area contributed by atoms with E-state index in [1.807, 2.05) is 18.2 Å². The normalized spacial score (nSPS) is 13.7. The number of hydrogen-bond acceptors (Lipinski definition) is 2. The average molecular weight is 175 g/mol. The molecule has 1 aliphatic heterocycles. The first-order valence-corrected chi connectivity index (χ1v) is 4.15. The van der Waals surface area contributed by atoms with Crippen LogP contribution in [-0.2, 0) is 22.4 Å². The highest BCUT2D eigenvalue weighted by atomic mass is 16.1. The van der Waals surface area contributed by atoms with Gasteiger partial charge in [0.2, 0.25) is 5.91 Å². The molecule has 0 atom stereocenters. The van der Waals surface area contributed by atoms with Crippen LogP contribution in [-0.4, -0.2) is 12.2 Å². The summed E-state index contributed by atoms with van der Waals surface area (Å²) in [5.74, 6) is 0.0262. The third kappa shape index (κ3) is 1.45. The van der Waals surface area contributed by atoms with Gasteiger partial charge in [-0.1, -0.05) is 12.1 Å². The van der Waals surface area contributed by atoms with Crippen molar-refractivity contribution in [2.75, 3.05) is 5.32 Å². The number of nitrogens with one attached hydrogen (secondary N) is 1. The molecular weight excluding hydrogens is 166 g/mol. The Labute approximate surface area is 75.8 Å². The molecule has 66 valence electrons. The van der Waals surface area contributed by atoms with Crippen molar-refractivity contribution in [2.24, 2.45) is 0 Å². The van der Waals surface area contributed by atoms with Crippen molar-refractivity contribution in [1.82, 2.24) is 0 Å². The molecule has 1 N–H and O–H groups in total. The van der Waals surface area contributed by atoms with Crippen LogP contribution in [0.25, 0.3) is 0 Å². The van der Waals surface area contributed by atoms with Gasteiger partial charge in [0.05, 0.1) is 6.42 Å². The van der Waals surface area contributed by atoms with Gasteiger partial charge in [0.25, 0.3) is 0 Å². The van der Waals surface area contributed by atoms with E-state index < -0.39 is 0 Å². The number of carbonyl (C=O) groups excluding carboxylic acids is 2. The van der Waals surface area contributed by atoms with Crippen molar-refractivity contribution in [1.29, 1.82) is 0 Å². The fraction of sp³-hybridized carbons (Fsp3) is 0.200. The van der Waals surface area contributed by atoms with E-state index in [9.17, 15) is 9.59 Å². The lowest BCUT2D eigenvalue weighted by Gasteiger charge is -1.99. The monoisotopic (exact) mass is 175 g/mol. The molecule has 1 aromatic rings. The summed E-state index contributed by atoms with van der Waals surface area (Å²) in [6.45, 7) is 0. The quantitative estimate of drug-likeness (QED) is 0.679. The molecule has 0 radical (unpaired) electrons. The third-order valence-corrected chi connectivity index (χ3v) is 2.11. The first-order chi connectivity index (χ1) is 6.29. The molecule has 0 aromatic heterocycles. The van der Waals surface area contributed by atoms with E-state index in [0.29, 0.717) is 12.8 Å². The minimum absolute atomic E-state index is 0.0262. The van der Waals surface area contributed by atoms with Crippen LogP contribution in [0.5, 0.6) is 0 Å². The van der Waals surface area contributed by atoms with E-state index in [4.69, 9.17) is 0 Å². The molecule has 3 heteroatoms. The number of aldehydes is 1. The van der Waals surface area contributed by atoms with Crippen molar-refractivity contribution < 1.29 is 9.59 Å². The largest absolute Gasteiger partial charge is 0.326 e. The fourth-order valence-corrected chi connectivity index (χ4v) is 1.51. The van der Waals surface area contributed by atoms with Gasteiger partial charge in [0.15, 0.2) is 0 Å². The first-order valence-electron chi connectivity index (χ1n) is 4.15. The van der Waals surface area contributed by atoms with Gasteiger partial charge < -0.3 is 10.1 Å². The number of anilines is 1. The summed E-state index contributed by atoms with van der Waals surface area (Å²) in [7, 11) is 0. The van der Waals surface area contributed by atoms with Gasteiger partial charge >= 0.3 is 0 Å². The molecule has 1 amide bonds. The van der Waals surface area contributed by atoms with Crippen molar-refractivity contribution >= 4 is 17.9 Å². The molecule has 0 saturated carbocycles. The highest BCUT2D eigenvalue weighted by Gasteiger charge is 2.16. The van der Waals surface area contributed by atoms with E-state index in [2.05, 4.69) is 5.32 Å². The molecule has 0 bridgehead atoms. The zero-order chi connectivity index (χ0) is 9.26. The van der Waals surface area contributed by atoms with Crippen LogP contribution in [0.4, 0.5) is 5.69 Å². The van der Waals surface area contributed by atoms with Crippen molar-refractivity contribution in [2.45, 2.75) is 12.8 Å². The molecule has 0 unspecified atom stereocenters. The summed E-state index contributed by atoms with van der Waals surface area (Å²) >= 11 is 0. The predicted molar refractivity (Wildman–Crippen MR) is 48.5 cm³/mol. The molecule has 13 heavy (non-hydrogen) atoms. The van der Waals surface area contributed by atoms with Gasteiger partial charge in [-0.15, -0.1) is 0 Å². The summed E-state index contributed by atoms with van der Waals surface area (Å²) in [6, 6.07) is 5.61. The second-order valence-corrected chi connectivity index (χ2v) is 3.09. The van der Waals surface area contributed by atoms with Crippen molar-refractivity contribution in [3.05, 3.63) is 29.3 Å². The number of benzene rings is 1. The maximum absolute atomic E-state index is 11.0. The fourth-order valence-electron chi connectivity index (χ4n) is 1.51. The standard InChI is InChI=1S/C10H9NO2/c12-4-3-7-1-2-9-8(5-7)6-10(13)11-9/h1-2,4-5H,3,6H2,(H,11,13). The Hall–Kier alpha value is -1.64. The van der Waals surface area contributed by atoms with Gasteiger partial charge in [0, 0.05) is 12.1 Å². The number of hydrogen-bond donors (Lipinski definition) is 1. The minimum Gasteiger partial charge on any atom is -0.326 e. The zero-order valence-corrected chi connectivity index (χ0v) is 7.04. The summed E-state index contributed by atoms with van der Waals surface area (Å²) in [6.07, 6.45) is 1.72.